The van der Waals surface area contributed by atoms with E-state index in [-0.39, 0.29) is 22.5 Å². The average molecular weight is 472 g/mol. The third kappa shape index (κ3) is 4.09. The van der Waals surface area contributed by atoms with Gasteiger partial charge in [-0.3, -0.25) is 14.7 Å². The Morgan fingerprint density at radius 1 is 1.21 bits per heavy atom. The van der Waals surface area contributed by atoms with Crippen LogP contribution in [0.1, 0.15) is 34.3 Å². The Bertz CT molecular complexity index is 1170. The second kappa shape index (κ2) is 8.63. The van der Waals surface area contributed by atoms with E-state index in [0.29, 0.717) is 62.4 Å². The van der Waals surface area contributed by atoms with Crippen LogP contribution in [0.15, 0.2) is 53.5 Å². The van der Waals surface area contributed by atoms with Crippen molar-refractivity contribution in [3.05, 3.63) is 81.9 Å². The quantitative estimate of drug-likeness (QED) is 0.741. The number of carbonyl (C=O) groups excluding carboxylic acids is 1. The van der Waals surface area contributed by atoms with Gasteiger partial charge in [0.25, 0.3) is 5.91 Å². The summed E-state index contributed by atoms with van der Waals surface area (Å²) in [5.41, 5.74) is 0.412. The summed E-state index contributed by atoms with van der Waals surface area (Å²) >= 11 is 5.92. The third-order valence-corrected chi connectivity index (χ3v) is 7.14. The molecule has 0 spiro atoms. The van der Waals surface area contributed by atoms with Gasteiger partial charge in [0, 0.05) is 37.8 Å². The number of nitrogens with zero attached hydrogens (tertiary/aromatic N) is 3. The van der Waals surface area contributed by atoms with Gasteiger partial charge in [-0.2, -0.15) is 0 Å². The predicted molar refractivity (Wildman–Crippen MR) is 123 cm³/mol. The van der Waals surface area contributed by atoms with E-state index in [0.717, 1.165) is 0 Å². The van der Waals surface area contributed by atoms with Gasteiger partial charge in [-0.15, -0.1) is 0 Å². The van der Waals surface area contributed by atoms with Crippen LogP contribution in [0.3, 0.4) is 0 Å². The molecule has 0 unspecified atom stereocenters. The van der Waals surface area contributed by atoms with Crippen LogP contribution in [0.4, 0.5) is 8.78 Å². The first-order valence-corrected chi connectivity index (χ1v) is 11.4. The maximum atomic E-state index is 15.2. The topological polar surface area (TPSA) is 56.1 Å². The summed E-state index contributed by atoms with van der Waals surface area (Å²) in [5, 5.41) is 11.2. The Morgan fingerprint density at radius 2 is 2.06 bits per heavy atom. The zero-order valence-electron chi connectivity index (χ0n) is 18.0. The number of piperidine rings is 1. The minimum atomic E-state index is -1.13. The maximum absolute atomic E-state index is 15.2. The maximum Gasteiger partial charge on any atom is 0.256 e. The van der Waals surface area contributed by atoms with Gasteiger partial charge < -0.3 is 10.0 Å². The molecule has 2 aromatic carbocycles. The molecule has 2 saturated heterocycles. The second-order valence-corrected chi connectivity index (χ2v) is 9.28. The molecule has 5 rings (SSSR count). The van der Waals surface area contributed by atoms with Gasteiger partial charge in [-0.05, 0) is 48.7 Å². The molecule has 2 fully saturated rings. The summed E-state index contributed by atoms with van der Waals surface area (Å²) in [6.45, 7) is 2.35. The van der Waals surface area contributed by atoms with Gasteiger partial charge in [0.2, 0.25) is 0 Å². The molecule has 3 heterocycles. The minimum Gasteiger partial charge on any atom is -0.384 e. The number of aliphatic imine (C=N–C) groups is 1. The fourth-order valence-electron chi connectivity index (χ4n) is 5.01. The zero-order chi connectivity index (χ0) is 23.2. The van der Waals surface area contributed by atoms with E-state index in [2.05, 4.69) is 9.89 Å². The summed E-state index contributed by atoms with van der Waals surface area (Å²) in [5.74, 6) is -1.39. The van der Waals surface area contributed by atoms with Gasteiger partial charge in [-0.1, -0.05) is 29.8 Å². The van der Waals surface area contributed by atoms with E-state index in [1.165, 1.54) is 18.2 Å². The first-order valence-electron chi connectivity index (χ1n) is 11.1. The Kier molecular flexibility index (Phi) is 5.80. The van der Waals surface area contributed by atoms with E-state index in [1.54, 1.807) is 29.2 Å². The number of amides is 1. The van der Waals surface area contributed by atoms with E-state index in [4.69, 9.17) is 11.6 Å². The van der Waals surface area contributed by atoms with Crippen LogP contribution >= 0.6 is 11.6 Å². The van der Waals surface area contributed by atoms with Crippen LogP contribution in [-0.2, 0) is 5.60 Å². The van der Waals surface area contributed by atoms with Crippen LogP contribution in [0, 0.1) is 11.6 Å². The highest BCUT2D eigenvalue weighted by molar-refractivity contribution is 6.30. The molecule has 0 saturated carbocycles. The molecule has 0 bridgehead atoms. The Balaban J connectivity index is 1.30. The van der Waals surface area contributed by atoms with Gasteiger partial charge in [0.05, 0.1) is 22.8 Å². The van der Waals surface area contributed by atoms with Crippen molar-refractivity contribution in [3.8, 4) is 0 Å². The summed E-state index contributed by atoms with van der Waals surface area (Å²) < 4.78 is 28.7. The number of hydrogen-bond donors (Lipinski definition) is 1. The smallest absolute Gasteiger partial charge is 0.256 e. The highest BCUT2D eigenvalue weighted by atomic mass is 35.5. The lowest BCUT2D eigenvalue weighted by atomic mass is 9.82. The van der Waals surface area contributed by atoms with Crippen molar-refractivity contribution in [1.29, 1.82) is 0 Å². The Morgan fingerprint density at radius 3 is 2.82 bits per heavy atom. The first kappa shape index (κ1) is 22.2. The highest BCUT2D eigenvalue weighted by Crippen LogP contribution is 2.37. The molecule has 3 aliphatic heterocycles. The molecule has 2 aromatic rings. The number of fused-ring (bicyclic) bond motifs is 1. The summed E-state index contributed by atoms with van der Waals surface area (Å²) in [7, 11) is 0. The summed E-state index contributed by atoms with van der Waals surface area (Å²) in [4.78, 5) is 21.3. The van der Waals surface area contributed by atoms with E-state index >= 15 is 4.39 Å². The lowest BCUT2D eigenvalue weighted by Crippen LogP contribution is -2.60. The molecular weight excluding hydrogens is 448 g/mol. The molecule has 2 atom stereocenters. The molecule has 1 amide bonds. The number of allylic oxidation sites excluding steroid dienone is 1. The summed E-state index contributed by atoms with van der Waals surface area (Å²) in [6, 6.07) is 9.23. The fraction of sp³-hybridized carbons (Fsp3) is 0.360. The number of hydrogen-bond acceptors (Lipinski definition) is 4. The van der Waals surface area contributed by atoms with E-state index in [1.807, 2.05) is 6.08 Å². The van der Waals surface area contributed by atoms with Crippen LogP contribution in [0.25, 0.3) is 0 Å². The van der Waals surface area contributed by atoms with Crippen LogP contribution in [-0.4, -0.2) is 65.3 Å². The van der Waals surface area contributed by atoms with E-state index in [9.17, 15) is 14.3 Å². The molecule has 3 aliphatic rings. The second-order valence-electron chi connectivity index (χ2n) is 8.87. The Labute approximate surface area is 196 Å². The van der Waals surface area contributed by atoms with Crippen LogP contribution in [0.2, 0.25) is 5.02 Å². The third-order valence-electron chi connectivity index (χ3n) is 6.85. The SMILES string of the molecule is O=C(c1cccc(C2=NCC=C2)c1F)N1CCN2C[C@@](O)(c3ccc(F)c(Cl)c3)CC[C@@H]2C1. The summed E-state index contributed by atoms with van der Waals surface area (Å²) in [6.07, 6.45) is 4.74. The molecular formula is C25H24ClF2N3O2. The van der Waals surface area contributed by atoms with Crippen LogP contribution < -0.4 is 0 Å². The number of halogens is 3. The molecule has 8 heteroatoms. The predicted octanol–water partition coefficient (Wildman–Crippen LogP) is 3.79. The fourth-order valence-corrected chi connectivity index (χ4v) is 5.19. The van der Waals surface area contributed by atoms with Crippen molar-refractivity contribution in [2.45, 2.75) is 24.5 Å². The monoisotopic (exact) mass is 471 g/mol. The lowest BCUT2D eigenvalue weighted by molar-refractivity contribution is -0.0740. The molecule has 33 heavy (non-hydrogen) atoms. The number of piperazine rings is 1. The minimum absolute atomic E-state index is 0.0122. The molecule has 1 N–H and O–H groups in total. The molecule has 5 nitrogen and oxygen atoms in total. The number of carbonyl (C=O) groups is 1. The van der Waals surface area contributed by atoms with Crippen molar-refractivity contribution >= 4 is 23.2 Å². The lowest BCUT2D eigenvalue weighted by Gasteiger charge is -2.49. The van der Waals surface area contributed by atoms with Crippen LogP contribution in [0.5, 0.6) is 0 Å². The van der Waals surface area contributed by atoms with Crippen molar-refractivity contribution in [1.82, 2.24) is 9.80 Å². The zero-order valence-corrected chi connectivity index (χ0v) is 18.7. The Hall–Kier alpha value is -2.61. The standard InChI is InChI=1S/C25H24ClF2N3O2/c26-20-13-16(6-7-21(20)27)25(33)9-8-17-14-30(11-12-31(17)15-25)24(32)19-4-1-3-18(23(19)28)22-5-2-10-29-22/h1-7,13,17,33H,8-12,14-15H2/t17-,25-/m1/s1. The van der Waals surface area contributed by atoms with E-state index < -0.39 is 17.2 Å². The number of benzene rings is 2. The molecule has 0 radical (unpaired) electrons. The first-order chi connectivity index (χ1) is 15.9. The van der Waals surface area contributed by atoms with Gasteiger partial charge in [-0.25, -0.2) is 8.78 Å². The van der Waals surface area contributed by atoms with Gasteiger partial charge in [0.15, 0.2) is 0 Å². The molecule has 172 valence electrons. The average Bonchev–Trinajstić information content (AvgIpc) is 3.35. The molecule has 0 aromatic heterocycles. The van der Waals surface area contributed by atoms with Crippen molar-refractivity contribution in [2.75, 3.05) is 32.7 Å². The number of rotatable bonds is 3. The normalized spacial score (nSPS) is 25.2. The van der Waals surface area contributed by atoms with Crippen molar-refractivity contribution in [2.24, 2.45) is 4.99 Å². The number of aliphatic hydroxyl groups is 1. The van der Waals surface area contributed by atoms with Gasteiger partial charge in [0.1, 0.15) is 17.2 Å². The highest BCUT2D eigenvalue weighted by Gasteiger charge is 2.42. The van der Waals surface area contributed by atoms with Crippen molar-refractivity contribution < 1.29 is 18.7 Å². The molecule has 0 aliphatic carbocycles. The largest absolute Gasteiger partial charge is 0.384 e. The van der Waals surface area contributed by atoms with Crippen molar-refractivity contribution in [3.63, 3.8) is 0 Å². The van der Waals surface area contributed by atoms with Gasteiger partial charge >= 0.3 is 0 Å².